The second kappa shape index (κ2) is 10.2. The van der Waals surface area contributed by atoms with Crippen molar-refractivity contribution in [2.75, 3.05) is 11.9 Å². The molecule has 1 aromatic heterocycles. The predicted octanol–water partition coefficient (Wildman–Crippen LogP) is 4.15. The highest BCUT2D eigenvalue weighted by molar-refractivity contribution is 6.04. The first-order chi connectivity index (χ1) is 14.5. The number of hydrogen-bond acceptors (Lipinski definition) is 4. The summed E-state index contributed by atoms with van der Waals surface area (Å²) in [6.45, 7) is 4.35. The molecule has 2 N–H and O–H groups in total. The third kappa shape index (κ3) is 5.67. The third-order valence-electron chi connectivity index (χ3n) is 4.52. The van der Waals surface area contributed by atoms with Crippen molar-refractivity contribution in [2.45, 2.75) is 26.3 Å². The van der Waals surface area contributed by atoms with E-state index in [0.29, 0.717) is 23.5 Å². The summed E-state index contributed by atoms with van der Waals surface area (Å²) in [4.78, 5) is 29.1. The maximum absolute atomic E-state index is 12.6. The molecule has 0 saturated heterocycles. The standard InChI is InChI=1S/C24H25N3O3/c1-17(2)19-9-4-6-12-22(19)30-16-23(28)27-21-11-5-3-10-20(21)24(29)26-15-18-8-7-13-25-14-18/h3-14,17H,15-16H2,1-2H3,(H,26,29)(H,27,28). The molecule has 6 heteroatoms. The Balaban J connectivity index is 1.61. The van der Waals surface area contributed by atoms with Gasteiger partial charge in [-0.05, 0) is 41.3 Å². The largest absolute Gasteiger partial charge is 0.483 e. The number of carbonyl (C=O) groups is 2. The lowest BCUT2D eigenvalue weighted by molar-refractivity contribution is -0.118. The van der Waals surface area contributed by atoms with E-state index >= 15 is 0 Å². The van der Waals surface area contributed by atoms with Crippen LogP contribution in [0.1, 0.15) is 41.3 Å². The van der Waals surface area contributed by atoms with Crippen molar-refractivity contribution in [3.8, 4) is 5.75 Å². The Morgan fingerprint density at radius 2 is 1.77 bits per heavy atom. The first-order valence-corrected chi connectivity index (χ1v) is 9.82. The Kier molecular flexibility index (Phi) is 7.16. The van der Waals surface area contributed by atoms with Gasteiger partial charge >= 0.3 is 0 Å². The molecule has 0 atom stereocenters. The maximum atomic E-state index is 12.6. The first kappa shape index (κ1) is 21.0. The molecule has 3 aromatic rings. The number of nitrogens with one attached hydrogen (secondary N) is 2. The van der Waals surface area contributed by atoms with Gasteiger partial charge in [-0.15, -0.1) is 0 Å². The molecule has 0 fully saturated rings. The number of hydrogen-bond donors (Lipinski definition) is 2. The summed E-state index contributed by atoms with van der Waals surface area (Å²) in [7, 11) is 0. The number of benzene rings is 2. The second-order valence-corrected chi connectivity index (χ2v) is 7.12. The lowest BCUT2D eigenvalue weighted by atomic mass is 10.0. The topological polar surface area (TPSA) is 80.3 Å². The molecule has 154 valence electrons. The van der Waals surface area contributed by atoms with Crippen LogP contribution in [0.15, 0.2) is 73.1 Å². The molecule has 3 rings (SSSR count). The van der Waals surface area contributed by atoms with Crippen molar-refractivity contribution in [1.29, 1.82) is 0 Å². The van der Waals surface area contributed by atoms with Crippen molar-refractivity contribution in [3.63, 3.8) is 0 Å². The lowest BCUT2D eigenvalue weighted by Crippen LogP contribution is -2.26. The van der Waals surface area contributed by atoms with Gasteiger partial charge in [0.2, 0.25) is 0 Å². The molecule has 0 spiro atoms. The minimum absolute atomic E-state index is 0.143. The van der Waals surface area contributed by atoms with Gasteiger partial charge in [0.25, 0.3) is 11.8 Å². The number of nitrogens with zero attached hydrogens (tertiary/aromatic N) is 1. The highest BCUT2D eigenvalue weighted by Crippen LogP contribution is 2.25. The fourth-order valence-corrected chi connectivity index (χ4v) is 2.99. The fourth-order valence-electron chi connectivity index (χ4n) is 2.99. The zero-order valence-electron chi connectivity index (χ0n) is 17.1. The fraction of sp³-hybridized carbons (Fsp3) is 0.208. The smallest absolute Gasteiger partial charge is 0.262 e. The Morgan fingerprint density at radius 1 is 1.00 bits per heavy atom. The molecule has 0 radical (unpaired) electrons. The van der Waals surface area contributed by atoms with Gasteiger partial charge in [-0.2, -0.15) is 0 Å². The number of rotatable bonds is 8. The van der Waals surface area contributed by atoms with E-state index in [-0.39, 0.29) is 24.3 Å². The normalized spacial score (nSPS) is 10.5. The van der Waals surface area contributed by atoms with E-state index in [2.05, 4.69) is 29.5 Å². The van der Waals surface area contributed by atoms with Crippen molar-refractivity contribution in [3.05, 3.63) is 89.7 Å². The average molecular weight is 403 g/mol. The molecule has 1 heterocycles. The van der Waals surface area contributed by atoms with Crippen LogP contribution >= 0.6 is 0 Å². The van der Waals surface area contributed by atoms with Crippen molar-refractivity contribution in [1.82, 2.24) is 10.3 Å². The molecule has 0 aliphatic carbocycles. The zero-order chi connectivity index (χ0) is 21.3. The van der Waals surface area contributed by atoms with Crippen LogP contribution in [0.3, 0.4) is 0 Å². The average Bonchev–Trinajstić information content (AvgIpc) is 2.77. The van der Waals surface area contributed by atoms with Gasteiger partial charge in [-0.3, -0.25) is 14.6 Å². The van der Waals surface area contributed by atoms with E-state index in [0.717, 1.165) is 11.1 Å². The van der Waals surface area contributed by atoms with Gasteiger partial charge < -0.3 is 15.4 Å². The Morgan fingerprint density at radius 3 is 2.53 bits per heavy atom. The van der Waals surface area contributed by atoms with Crippen LogP contribution in [0.2, 0.25) is 0 Å². The van der Waals surface area contributed by atoms with Crippen molar-refractivity contribution < 1.29 is 14.3 Å². The van der Waals surface area contributed by atoms with Crippen LogP contribution in [0, 0.1) is 0 Å². The summed E-state index contributed by atoms with van der Waals surface area (Å²) >= 11 is 0. The van der Waals surface area contributed by atoms with Crippen LogP contribution in [-0.2, 0) is 11.3 Å². The predicted molar refractivity (Wildman–Crippen MR) is 117 cm³/mol. The Bertz CT molecular complexity index is 1000. The van der Waals surface area contributed by atoms with Gasteiger partial charge in [0.1, 0.15) is 5.75 Å². The number of amides is 2. The monoisotopic (exact) mass is 403 g/mol. The lowest BCUT2D eigenvalue weighted by Gasteiger charge is -2.15. The van der Waals surface area contributed by atoms with Crippen molar-refractivity contribution >= 4 is 17.5 Å². The number of carbonyl (C=O) groups excluding carboxylic acids is 2. The number of anilines is 1. The molecule has 0 saturated carbocycles. The van der Waals surface area contributed by atoms with Crippen LogP contribution in [0.5, 0.6) is 5.75 Å². The van der Waals surface area contributed by atoms with E-state index in [4.69, 9.17) is 4.74 Å². The minimum atomic E-state index is -0.332. The molecular formula is C24H25N3O3. The van der Waals surface area contributed by atoms with Crippen LogP contribution in [0.4, 0.5) is 5.69 Å². The summed E-state index contributed by atoms with van der Waals surface area (Å²) in [5, 5.41) is 5.62. The van der Waals surface area contributed by atoms with Gasteiger partial charge in [-0.1, -0.05) is 50.2 Å². The van der Waals surface area contributed by atoms with Gasteiger partial charge in [0.05, 0.1) is 11.3 Å². The van der Waals surface area contributed by atoms with Gasteiger partial charge in [0.15, 0.2) is 6.61 Å². The summed E-state index contributed by atoms with van der Waals surface area (Å²) in [5.74, 6) is 0.362. The SMILES string of the molecule is CC(C)c1ccccc1OCC(=O)Nc1ccccc1C(=O)NCc1cccnc1. The van der Waals surface area contributed by atoms with E-state index in [9.17, 15) is 9.59 Å². The maximum Gasteiger partial charge on any atom is 0.262 e. The third-order valence-corrected chi connectivity index (χ3v) is 4.52. The quantitative estimate of drug-likeness (QED) is 0.592. The summed E-state index contributed by atoms with van der Waals surface area (Å²) in [6.07, 6.45) is 3.37. The van der Waals surface area contributed by atoms with Crippen LogP contribution in [-0.4, -0.2) is 23.4 Å². The van der Waals surface area contributed by atoms with Gasteiger partial charge in [-0.25, -0.2) is 0 Å². The highest BCUT2D eigenvalue weighted by atomic mass is 16.5. The Labute approximate surface area is 176 Å². The molecule has 2 amide bonds. The van der Waals surface area contributed by atoms with E-state index in [1.165, 1.54) is 0 Å². The molecule has 0 unspecified atom stereocenters. The number of para-hydroxylation sites is 2. The second-order valence-electron chi connectivity index (χ2n) is 7.12. The minimum Gasteiger partial charge on any atom is -0.483 e. The summed E-state index contributed by atoms with van der Waals surface area (Å²) < 4.78 is 5.72. The molecule has 0 bridgehead atoms. The zero-order valence-corrected chi connectivity index (χ0v) is 17.1. The molecule has 0 aliphatic rings. The molecular weight excluding hydrogens is 378 g/mol. The van der Waals surface area contributed by atoms with E-state index in [1.807, 2.05) is 36.4 Å². The molecule has 30 heavy (non-hydrogen) atoms. The molecule has 0 aliphatic heterocycles. The van der Waals surface area contributed by atoms with Gasteiger partial charge in [0, 0.05) is 18.9 Å². The van der Waals surface area contributed by atoms with Crippen LogP contribution in [0.25, 0.3) is 0 Å². The summed E-state index contributed by atoms with van der Waals surface area (Å²) in [6, 6.07) is 18.2. The summed E-state index contributed by atoms with van der Waals surface area (Å²) in [5.41, 5.74) is 2.76. The van der Waals surface area contributed by atoms with Crippen molar-refractivity contribution in [2.24, 2.45) is 0 Å². The first-order valence-electron chi connectivity index (χ1n) is 9.82. The molecule has 6 nitrogen and oxygen atoms in total. The van der Waals surface area contributed by atoms with E-state index < -0.39 is 0 Å². The number of pyridine rings is 1. The Hall–Kier alpha value is -3.67. The number of aromatic nitrogens is 1. The van der Waals surface area contributed by atoms with E-state index in [1.54, 1.807) is 36.7 Å². The highest BCUT2D eigenvalue weighted by Gasteiger charge is 2.14. The number of ether oxygens (including phenoxy) is 1. The molecule has 2 aromatic carbocycles. The van der Waals surface area contributed by atoms with Crippen LogP contribution < -0.4 is 15.4 Å².